The van der Waals surface area contributed by atoms with Crippen LogP contribution in [0.2, 0.25) is 0 Å². The first kappa shape index (κ1) is 20.7. The zero-order valence-electron chi connectivity index (χ0n) is 16.7. The first-order valence-electron chi connectivity index (χ1n) is 9.35. The van der Waals surface area contributed by atoms with Gasteiger partial charge >= 0.3 is 5.97 Å². The molecule has 0 saturated carbocycles. The zero-order valence-corrected chi connectivity index (χ0v) is 16.7. The first-order valence-corrected chi connectivity index (χ1v) is 9.35. The average molecular weight is 367 g/mol. The van der Waals surface area contributed by atoms with Crippen molar-refractivity contribution in [3.05, 3.63) is 70.8 Å². The second kappa shape index (κ2) is 9.91. The molecule has 2 aromatic carbocycles. The summed E-state index contributed by atoms with van der Waals surface area (Å²) in [5.41, 5.74) is 4.59. The lowest BCUT2D eigenvalue weighted by Crippen LogP contribution is -2.37. The van der Waals surface area contributed by atoms with Crippen molar-refractivity contribution in [3.63, 3.8) is 0 Å². The Balaban J connectivity index is 2.06. The fourth-order valence-corrected chi connectivity index (χ4v) is 2.94. The van der Waals surface area contributed by atoms with E-state index in [2.05, 4.69) is 24.3 Å². The van der Waals surface area contributed by atoms with Crippen LogP contribution in [0.1, 0.15) is 35.6 Å². The van der Waals surface area contributed by atoms with Gasteiger partial charge in [0, 0.05) is 19.5 Å². The third-order valence-electron chi connectivity index (χ3n) is 4.69. The Kier molecular flexibility index (Phi) is 7.59. The van der Waals surface area contributed by atoms with Crippen molar-refractivity contribution < 1.29 is 14.3 Å². The lowest BCUT2D eigenvalue weighted by molar-refractivity contribution is -0.146. The highest BCUT2D eigenvalue weighted by Crippen LogP contribution is 2.13. The highest BCUT2D eigenvalue weighted by atomic mass is 16.5. The molecule has 4 heteroatoms. The molecule has 1 amide bonds. The van der Waals surface area contributed by atoms with Crippen LogP contribution in [0.15, 0.2) is 48.5 Å². The highest BCUT2D eigenvalue weighted by Gasteiger charge is 2.21. The number of hydrogen-bond acceptors (Lipinski definition) is 3. The summed E-state index contributed by atoms with van der Waals surface area (Å²) in [6.45, 7) is 6.73. The molecule has 0 aromatic heterocycles. The van der Waals surface area contributed by atoms with E-state index in [0.29, 0.717) is 25.9 Å². The monoisotopic (exact) mass is 367 g/mol. The molecule has 0 aliphatic heterocycles. The van der Waals surface area contributed by atoms with Gasteiger partial charge in [-0.15, -0.1) is 0 Å². The van der Waals surface area contributed by atoms with E-state index in [0.717, 1.165) is 11.1 Å². The number of amides is 1. The molecule has 0 bridgehead atoms. The lowest BCUT2D eigenvalue weighted by Gasteiger charge is -2.25. The third kappa shape index (κ3) is 6.55. The lowest BCUT2D eigenvalue weighted by atomic mass is 10.1. The molecule has 2 aromatic rings. The van der Waals surface area contributed by atoms with Gasteiger partial charge in [-0.3, -0.25) is 9.59 Å². The van der Waals surface area contributed by atoms with Crippen LogP contribution in [0.3, 0.4) is 0 Å². The van der Waals surface area contributed by atoms with Gasteiger partial charge in [-0.25, -0.2) is 0 Å². The van der Waals surface area contributed by atoms with Gasteiger partial charge < -0.3 is 9.64 Å². The predicted octanol–water partition coefficient (Wildman–Crippen LogP) is 4.07. The van der Waals surface area contributed by atoms with Gasteiger partial charge in [0.25, 0.3) is 0 Å². The van der Waals surface area contributed by atoms with E-state index in [1.807, 2.05) is 38.1 Å². The summed E-state index contributed by atoms with van der Waals surface area (Å²) in [7, 11) is 1.38. The summed E-state index contributed by atoms with van der Waals surface area (Å²) < 4.78 is 4.82. The smallest absolute Gasteiger partial charge is 0.310 e. The second-order valence-corrected chi connectivity index (χ2v) is 7.17. The predicted molar refractivity (Wildman–Crippen MR) is 107 cm³/mol. The van der Waals surface area contributed by atoms with Gasteiger partial charge in [0.2, 0.25) is 5.91 Å². The summed E-state index contributed by atoms with van der Waals surface area (Å²) in [4.78, 5) is 26.5. The molecule has 0 aliphatic carbocycles. The summed E-state index contributed by atoms with van der Waals surface area (Å²) in [5, 5.41) is 0. The molecule has 1 atom stereocenters. The van der Waals surface area contributed by atoms with Crippen molar-refractivity contribution in [2.75, 3.05) is 13.7 Å². The quantitative estimate of drug-likeness (QED) is 0.661. The van der Waals surface area contributed by atoms with Crippen LogP contribution in [0.4, 0.5) is 0 Å². The van der Waals surface area contributed by atoms with Crippen molar-refractivity contribution in [1.82, 2.24) is 4.90 Å². The number of ether oxygens (including phenoxy) is 1. The number of benzene rings is 2. The molecular formula is C23H29NO3. The molecule has 27 heavy (non-hydrogen) atoms. The van der Waals surface area contributed by atoms with Crippen LogP contribution < -0.4 is 0 Å². The maximum absolute atomic E-state index is 12.9. The minimum atomic E-state index is -0.358. The normalized spacial score (nSPS) is 11.7. The van der Waals surface area contributed by atoms with E-state index in [4.69, 9.17) is 4.74 Å². The van der Waals surface area contributed by atoms with Crippen molar-refractivity contribution in [2.45, 2.75) is 40.2 Å². The topological polar surface area (TPSA) is 46.6 Å². The average Bonchev–Trinajstić information content (AvgIpc) is 2.67. The van der Waals surface area contributed by atoms with Crippen molar-refractivity contribution in [2.24, 2.45) is 5.92 Å². The molecule has 0 fully saturated rings. The molecule has 0 saturated heterocycles. The van der Waals surface area contributed by atoms with Crippen LogP contribution in [0.25, 0.3) is 0 Å². The fourth-order valence-electron chi connectivity index (χ4n) is 2.94. The molecule has 0 aliphatic rings. The van der Waals surface area contributed by atoms with Gasteiger partial charge in [-0.05, 0) is 31.4 Å². The Morgan fingerprint density at radius 1 is 0.926 bits per heavy atom. The maximum atomic E-state index is 12.9. The van der Waals surface area contributed by atoms with Gasteiger partial charge in [0.1, 0.15) is 0 Å². The number of methoxy groups -OCH3 is 1. The Labute approximate surface area is 162 Å². The molecule has 2 rings (SSSR count). The van der Waals surface area contributed by atoms with Crippen molar-refractivity contribution >= 4 is 11.9 Å². The van der Waals surface area contributed by atoms with Gasteiger partial charge in [-0.2, -0.15) is 0 Å². The fraction of sp³-hybridized carbons (Fsp3) is 0.391. The number of rotatable bonds is 8. The van der Waals surface area contributed by atoms with Crippen LogP contribution >= 0.6 is 0 Å². The summed E-state index contributed by atoms with van der Waals surface area (Å²) >= 11 is 0. The Morgan fingerprint density at radius 3 is 1.96 bits per heavy atom. The second-order valence-electron chi connectivity index (χ2n) is 7.17. The van der Waals surface area contributed by atoms with Gasteiger partial charge in [0.05, 0.1) is 13.0 Å². The van der Waals surface area contributed by atoms with Crippen LogP contribution in [-0.4, -0.2) is 30.4 Å². The SMILES string of the molecule is COC(=O)C(C)CN(Cc1ccc(C)cc1)C(=O)CCc1ccc(C)cc1. The van der Waals surface area contributed by atoms with Gasteiger partial charge in [0.15, 0.2) is 0 Å². The Morgan fingerprint density at radius 2 is 1.44 bits per heavy atom. The summed E-state index contributed by atoms with van der Waals surface area (Å²) in [5.74, 6) is -0.606. The minimum absolute atomic E-state index is 0.0481. The summed E-state index contributed by atoms with van der Waals surface area (Å²) in [6, 6.07) is 16.4. The summed E-state index contributed by atoms with van der Waals surface area (Å²) in [6.07, 6.45) is 1.11. The highest BCUT2D eigenvalue weighted by molar-refractivity contribution is 5.78. The number of aryl methyl sites for hydroxylation is 3. The van der Waals surface area contributed by atoms with E-state index in [1.165, 1.54) is 18.2 Å². The zero-order chi connectivity index (χ0) is 19.8. The minimum Gasteiger partial charge on any atom is -0.469 e. The molecule has 4 nitrogen and oxygen atoms in total. The molecule has 144 valence electrons. The molecule has 0 radical (unpaired) electrons. The number of carbonyl (C=O) groups is 2. The molecule has 0 heterocycles. The third-order valence-corrected chi connectivity index (χ3v) is 4.69. The van der Waals surface area contributed by atoms with E-state index >= 15 is 0 Å². The van der Waals surface area contributed by atoms with Crippen LogP contribution in [0, 0.1) is 19.8 Å². The molecule has 0 N–H and O–H groups in total. The largest absolute Gasteiger partial charge is 0.469 e. The van der Waals surface area contributed by atoms with E-state index in [1.54, 1.807) is 11.8 Å². The number of nitrogens with zero attached hydrogens (tertiary/aromatic N) is 1. The van der Waals surface area contributed by atoms with E-state index < -0.39 is 0 Å². The number of carbonyl (C=O) groups excluding carboxylic acids is 2. The Bertz CT molecular complexity index is 750. The number of esters is 1. The van der Waals surface area contributed by atoms with Crippen molar-refractivity contribution in [3.8, 4) is 0 Å². The maximum Gasteiger partial charge on any atom is 0.310 e. The Hall–Kier alpha value is -2.62. The standard InChI is InChI=1S/C23H29NO3/c1-17-5-9-20(10-6-17)13-14-22(25)24(15-19(3)23(26)27-4)16-21-11-7-18(2)8-12-21/h5-12,19H,13-16H2,1-4H3. The van der Waals surface area contributed by atoms with Crippen LogP contribution in [-0.2, 0) is 27.3 Å². The van der Waals surface area contributed by atoms with E-state index in [9.17, 15) is 9.59 Å². The molecule has 1 unspecified atom stereocenters. The van der Waals surface area contributed by atoms with Gasteiger partial charge in [-0.1, -0.05) is 66.6 Å². The van der Waals surface area contributed by atoms with Crippen molar-refractivity contribution in [1.29, 1.82) is 0 Å². The molecular weight excluding hydrogens is 338 g/mol. The van der Waals surface area contributed by atoms with Crippen LogP contribution in [0.5, 0.6) is 0 Å². The molecule has 0 spiro atoms. The first-order chi connectivity index (χ1) is 12.9. The van der Waals surface area contributed by atoms with E-state index in [-0.39, 0.29) is 17.8 Å². The number of hydrogen-bond donors (Lipinski definition) is 0.